The molecule has 2 heterocycles. The van der Waals surface area contributed by atoms with Gasteiger partial charge in [0.25, 0.3) is 5.95 Å². The number of aliphatic hydroxyl groups is 1. The molecular weight excluding hydrogens is 520 g/mol. The summed E-state index contributed by atoms with van der Waals surface area (Å²) in [4.78, 5) is 17.4. The molecule has 0 fully saturated rings. The number of aliphatic hydroxyl groups excluding tert-OH is 1. The Balaban J connectivity index is 1.83. The summed E-state index contributed by atoms with van der Waals surface area (Å²) in [5.41, 5.74) is 1.34. The molecule has 3 aromatic rings. The van der Waals surface area contributed by atoms with E-state index in [-0.39, 0.29) is 28.5 Å². The maximum Gasteiger partial charge on any atom is 0.269 e. The van der Waals surface area contributed by atoms with Gasteiger partial charge in [-0.05, 0) is 41.7 Å². The van der Waals surface area contributed by atoms with Crippen molar-refractivity contribution in [2.45, 2.75) is 70.5 Å². The SMILES string of the molecule is CCCCc1nc(Cl)c(CO)n1Cc1ccc(S(=O)(=O)N(C)[C@H](CC(C)C)C(=O)Nc2nn[nH]n2)cc1. The van der Waals surface area contributed by atoms with Gasteiger partial charge in [0.2, 0.25) is 15.9 Å². The lowest BCUT2D eigenvalue weighted by molar-refractivity contribution is -0.120. The first-order chi connectivity index (χ1) is 17.6. The van der Waals surface area contributed by atoms with Crippen molar-refractivity contribution in [3.05, 3.63) is 46.5 Å². The number of H-pyrrole nitrogens is 1. The van der Waals surface area contributed by atoms with Gasteiger partial charge in [-0.2, -0.15) is 9.52 Å². The average Bonchev–Trinajstić information content (AvgIpc) is 3.47. The molecule has 2 aromatic heterocycles. The summed E-state index contributed by atoms with van der Waals surface area (Å²) in [5, 5.41) is 25.6. The molecule has 14 heteroatoms. The van der Waals surface area contributed by atoms with Crippen LogP contribution in [0.1, 0.15) is 57.1 Å². The zero-order valence-electron chi connectivity index (χ0n) is 21.3. The Bertz CT molecular complexity index is 1280. The van der Waals surface area contributed by atoms with E-state index in [1.165, 1.54) is 19.2 Å². The average molecular weight is 553 g/mol. The second-order valence-corrected chi connectivity index (χ2v) is 11.5. The standard InChI is InChI=1S/C23H33ClN8O4S/c1-5-6-7-20-25-21(24)19(14-33)32(20)13-16-8-10-17(11-9-16)37(35,36)31(4)18(12-15(2)3)22(34)26-23-27-29-30-28-23/h8-11,15,18,33H,5-7,12-14H2,1-4H3,(H2,26,27,28,29,30,34)/t18-/m1/s1. The monoisotopic (exact) mass is 552 g/mol. The van der Waals surface area contributed by atoms with Crippen LogP contribution in [0.5, 0.6) is 0 Å². The number of benzene rings is 1. The van der Waals surface area contributed by atoms with Crippen LogP contribution in [0.2, 0.25) is 5.15 Å². The lowest BCUT2D eigenvalue weighted by Crippen LogP contribution is -2.45. The van der Waals surface area contributed by atoms with Crippen molar-refractivity contribution in [3.63, 3.8) is 0 Å². The smallest absolute Gasteiger partial charge is 0.269 e. The highest BCUT2D eigenvalue weighted by Gasteiger charge is 2.34. The number of aryl methyl sites for hydroxylation is 1. The minimum absolute atomic E-state index is 0.0333. The highest BCUT2D eigenvalue weighted by Crippen LogP contribution is 2.24. The normalized spacial score (nSPS) is 12.9. The number of unbranched alkanes of at least 4 members (excludes halogenated alkanes) is 1. The number of halogens is 1. The van der Waals surface area contributed by atoms with Crippen LogP contribution in [0.3, 0.4) is 0 Å². The Morgan fingerprint density at radius 3 is 2.54 bits per heavy atom. The van der Waals surface area contributed by atoms with Gasteiger partial charge in [0.15, 0.2) is 5.15 Å². The van der Waals surface area contributed by atoms with Crippen molar-refractivity contribution < 1.29 is 18.3 Å². The number of amides is 1. The minimum Gasteiger partial charge on any atom is -0.390 e. The summed E-state index contributed by atoms with van der Waals surface area (Å²) in [7, 11) is -2.62. The first-order valence-corrected chi connectivity index (χ1v) is 13.9. The van der Waals surface area contributed by atoms with Crippen LogP contribution < -0.4 is 5.32 Å². The molecule has 1 amide bonds. The molecule has 0 aliphatic heterocycles. The van der Waals surface area contributed by atoms with Crippen LogP contribution in [0.15, 0.2) is 29.2 Å². The van der Waals surface area contributed by atoms with E-state index in [1.54, 1.807) is 12.1 Å². The number of imidazole rings is 1. The first-order valence-electron chi connectivity index (χ1n) is 12.0. The molecule has 37 heavy (non-hydrogen) atoms. The summed E-state index contributed by atoms with van der Waals surface area (Å²) in [6.07, 6.45) is 2.93. The van der Waals surface area contributed by atoms with Crippen LogP contribution in [-0.4, -0.2) is 67.0 Å². The van der Waals surface area contributed by atoms with Crippen LogP contribution in [0.4, 0.5) is 5.95 Å². The molecule has 3 rings (SSSR count). The van der Waals surface area contributed by atoms with E-state index >= 15 is 0 Å². The zero-order chi connectivity index (χ0) is 27.2. The molecule has 0 unspecified atom stereocenters. The van der Waals surface area contributed by atoms with Gasteiger partial charge in [-0.25, -0.2) is 13.4 Å². The van der Waals surface area contributed by atoms with Crippen molar-refractivity contribution in [1.29, 1.82) is 0 Å². The summed E-state index contributed by atoms with van der Waals surface area (Å²) in [6.45, 7) is 6.02. The van der Waals surface area contributed by atoms with Gasteiger partial charge in [0, 0.05) is 20.0 Å². The van der Waals surface area contributed by atoms with Gasteiger partial charge in [0.05, 0.1) is 17.2 Å². The Hall–Kier alpha value is -2.87. The summed E-state index contributed by atoms with van der Waals surface area (Å²) >= 11 is 6.23. The molecule has 12 nitrogen and oxygen atoms in total. The van der Waals surface area contributed by atoms with Gasteiger partial charge in [0.1, 0.15) is 11.9 Å². The van der Waals surface area contributed by atoms with Crippen molar-refractivity contribution in [2.24, 2.45) is 5.92 Å². The topological polar surface area (TPSA) is 159 Å². The van der Waals surface area contributed by atoms with Crippen LogP contribution >= 0.6 is 11.6 Å². The molecule has 1 aromatic carbocycles. The number of hydrogen-bond donors (Lipinski definition) is 3. The van der Waals surface area contributed by atoms with Gasteiger partial charge >= 0.3 is 0 Å². The number of tetrazole rings is 1. The summed E-state index contributed by atoms with van der Waals surface area (Å²) < 4.78 is 29.8. The predicted octanol–water partition coefficient (Wildman–Crippen LogP) is 2.61. The molecular formula is C23H33ClN8O4S. The highest BCUT2D eigenvalue weighted by molar-refractivity contribution is 7.89. The lowest BCUT2D eigenvalue weighted by Gasteiger charge is -2.27. The number of carbonyl (C=O) groups excluding carboxylic acids is 1. The molecule has 1 atom stereocenters. The number of nitrogens with zero attached hydrogens (tertiary/aromatic N) is 6. The van der Waals surface area contributed by atoms with E-state index in [1.807, 2.05) is 18.4 Å². The third-order valence-electron chi connectivity index (χ3n) is 5.96. The van der Waals surface area contributed by atoms with Crippen LogP contribution in [0, 0.1) is 5.92 Å². The van der Waals surface area contributed by atoms with E-state index in [9.17, 15) is 18.3 Å². The summed E-state index contributed by atoms with van der Waals surface area (Å²) in [6, 6.07) is 5.44. The molecule has 0 radical (unpaired) electrons. The zero-order valence-corrected chi connectivity index (χ0v) is 22.9. The van der Waals surface area contributed by atoms with Gasteiger partial charge in [-0.1, -0.05) is 56.0 Å². The number of likely N-dealkylation sites (N-methyl/N-ethyl adjacent to an activating group) is 1. The molecule has 0 spiro atoms. The fourth-order valence-electron chi connectivity index (χ4n) is 3.93. The van der Waals surface area contributed by atoms with E-state index in [0.717, 1.165) is 35.0 Å². The third kappa shape index (κ3) is 6.92. The Morgan fingerprint density at radius 1 is 1.27 bits per heavy atom. The third-order valence-corrected chi connectivity index (χ3v) is 8.15. The van der Waals surface area contributed by atoms with Gasteiger partial charge in [-0.3, -0.25) is 10.1 Å². The number of sulfonamides is 1. The van der Waals surface area contributed by atoms with Crippen molar-refractivity contribution in [2.75, 3.05) is 12.4 Å². The minimum atomic E-state index is -4.00. The Morgan fingerprint density at radius 2 is 1.97 bits per heavy atom. The van der Waals surface area contributed by atoms with Crippen molar-refractivity contribution in [1.82, 2.24) is 34.5 Å². The molecule has 0 saturated heterocycles. The quantitative estimate of drug-likeness (QED) is 0.292. The van der Waals surface area contributed by atoms with Crippen molar-refractivity contribution in [3.8, 4) is 0 Å². The Kier molecular flexibility index (Phi) is 9.76. The van der Waals surface area contributed by atoms with E-state index in [2.05, 4.69) is 37.8 Å². The number of anilines is 1. The molecule has 3 N–H and O–H groups in total. The van der Waals surface area contributed by atoms with E-state index in [0.29, 0.717) is 18.7 Å². The molecule has 0 aliphatic rings. The number of rotatable bonds is 13. The lowest BCUT2D eigenvalue weighted by atomic mass is 10.0. The second kappa shape index (κ2) is 12.6. The largest absolute Gasteiger partial charge is 0.390 e. The highest BCUT2D eigenvalue weighted by atomic mass is 35.5. The number of nitrogens with one attached hydrogen (secondary N) is 2. The maximum absolute atomic E-state index is 13.4. The van der Waals surface area contributed by atoms with Gasteiger partial charge < -0.3 is 9.67 Å². The maximum atomic E-state index is 13.4. The molecule has 202 valence electrons. The number of aromatic nitrogens is 6. The van der Waals surface area contributed by atoms with Crippen molar-refractivity contribution >= 4 is 33.5 Å². The van der Waals surface area contributed by atoms with Crippen LogP contribution in [0.25, 0.3) is 0 Å². The van der Waals surface area contributed by atoms with E-state index in [4.69, 9.17) is 11.6 Å². The number of carbonyl (C=O) groups is 1. The number of hydrogen-bond acceptors (Lipinski definition) is 8. The number of aromatic amines is 1. The summed E-state index contributed by atoms with van der Waals surface area (Å²) in [5.74, 6) is 0.238. The van der Waals surface area contributed by atoms with Crippen LogP contribution in [-0.2, 0) is 34.4 Å². The molecule has 0 saturated carbocycles. The Labute approximate surface area is 221 Å². The van der Waals surface area contributed by atoms with Gasteiger partial charge in [-0.15, -0.1) is 5.10 Å². The molecule has 0 aliphatic carbocycles. The first kappa shape index (κ1) is 28.7. The fraction of sp³-hybridized carbons (Fsp3) is 0.522. The molecule has 0 bridgehead atoms. The fourth-order valence-corrected chi connectivity index (χ4v) is 5.52. The van der Waals surface area contributed by atoms with E-state index < -0.39 is 22.0 Å². The second-order valence-electron chi connectivity index (χ2n) is 9.15. The predicted molar refractivity (Wildman–Crippen MR) is 138 cm³/mol.